The highest BCUT2D eigenvalue weighted by atomic mass is 32.2. The van der Waals surface area contributed by atoms with Gasteiger partial charge in [0.25, 0.3) is 0 Å². The molecule has 28 heavy (non-hydrogen) atoms. The Morgan fingerprint density at radius 1 is 1.32 bits per heavy atom. The molecule has 4 rings (SSSR count). The number of benzene rings is 1. The molecule has 1 aliphatic heterocycles. The number of aryl methyl sites for hydroxylation is 1. The van der Waals surface area contributed by atoms with Crippen LogP contribution in [0.3, 0.4) is 0 Å². The van der Waals surface area contributed by atoms with E-state index >= 15 is 0 Å². The van der Waals surface area contributed by atoms with Gasteiger partial charge in [-0.05, 0) is 68.1 Å². The molecule has 2 aliphatic carbocycles. The Kier molecular flexibility index (Phi) is 6.94. The molecule has 1 saturated carbocycles. The summed E-state index contributed by atoms with van der Waals surface area (Å²) in [5, 5.41) is 2.61. The van der Waals surface area contributed by atoms with Crippen molar-refractivity contribution in [1.29, 1.82) is 0 Å². The maximum absolute atomic E-state index is 12.4. The first-order chi connectivity index (χ1) is 13.5. The van der Waals surface area contributed by atoms with E-state index < -0.39 is 10.0 Å². The number of hydrogen-bond acceptors (Lipinski definition) is 3. The van der Waals surface area contributed by atoms with Crippen molar-refractivity contribution in [3.8, 4) is 0 Å². The summed E-state index contributed by atoms with van der Waals surface area (Å²) >= 11 is 0. The van der Waals surface area contributed by atoms with Crippen LogP contribution in [0.1, 0.15) is 44.6 Å². The van der Waals surface area contributed by atoms with Crippen molar-refractivity contribution in [1.82, 2.24) is 9.62 Å². The molecule has 1 amide bonds. The zero-order valence-corrected chi connectivity index (χ0v) is 17.7. The maximum atomic E-state index is 12.4. The zero-order chi connectivity index (χ0) is 20.1. The summed E-state index contributed by atoms with van der Waals surface area (Å²) in [5.74, 6) is 2.28. The molecule has 6 heteroatoms. The van der Waals surface area contributed by atoms with Gasteiger partial charge in [0.15, 0.2) is 0 Å². The van der Waals surface area contributed by atoms with Crippen LogP contribution >= 0.6 is 0 Å². The van der Waals surface area contributed by atoms with Gasteiger partial charge >= 0.3 is 0 Å². The molecule has 0 radical (unpaired) electrons. The van der Waals surface area contributed by atoms with E-state index in [1.165, 1.54) is 30.0 Å². The fourth-order valence-corrected chi connectivity index (χ4v) is 6.06. The smallest absolute Gasteiger partial charge is 0.243 e. The molecule has 1 N–H and O–H groups in total. The lowest BCUT2D eigenvalue weighted by Crippen LogP contribution is -2.32. The molecule has 5 nitrogen and oxygen atoms in total. The fourth-order valence-electron chi connectivity index (χ4n) is 4.43. The first-order valence-electron chi connectivity index (χ1n) is 10.4. The van der Waals surface area contributed by atoms with E-state index in [-0.39, 0.29) is 5.92 Å². The van der Waals surface area contributed by atoms with E-state index in [0.29, 0.717) is 30.9 Å². The number of carbonyl (C=O) groups is 1. The van der Waals surface area contributed by atoms with Crippen LogP contribution in [0.25, 0.3) is 0 Å². The monoisotopic (exact) mass is 404 g/mol. The van der Waals surface area contributed by atoms with Crippen LogP contribution in [0.2, 0.25) is 0 Å². The second-order valence-corrected chi connectivity index (χ2v) is 10.2. The molecule has 154 valence electrons. The molecule has 0 aromatic heterocycles. The molecule has 1 aromatic rings. The molecule has 3 aliphatic rings. The Balaban J connectivity index is 0.000000206. The van der Waals surface area contributed by atoms with E-state index in [9.17, 15) is 13.2 Å². The number of amides is 1. The Labute approximate surface area is 169 Å². The highest BCUT2D eigenvalue weighted by Gasteiger charge is 2.38. The number of rotatable bonds is 7. The van der Waals surface area contributed by atoms with Crippen LogP contribution in [0, 0.1) is 24.7 Å². The minimum absolute atomic E-state index is 0.199. The van der Waals surface area contributed by atoms with E-state index in [1.54, 1.807) is 23.8 Å². The number of sulfonamides is 1. The molecule has 2 unspecified atom stereocenters. The zero-order valence-electron chi connectivity index (χ0n) is 16.9. The molecular formula is C22H32N2O3S. The molecule has 0 bridgehead atoms. The van der Waals surface area contributed by atoms with Crippen molar-refractivity contribution in [2.24, 2.45) is 17.8 Å². The largest absolute Gasteiger partial charge is 0.358 e. The van der Waals surface area contributed by atoms with Gasteiger partial charge < -0.3 is 5.32 Å². The normalized spacial score (nSPS) is 26.1. The van der Waals surface area contributed by atoms with Gasteiger partial charge in [0.1, 0.15) is 0 Å². The first kappa shape index (κ1) is 21.1. The van der Waals surface area contributed by atoms with Gasteiger partial charge in [-0.2, -0.15) is 4.31 Å². The van der Waals surface area contributed by atoms with E-state index in [2.05, 4.69) is 18.3 Å². The second kappa shape index (κ2) is 9.23. The van der Waals surface area contributed by atoms with Crippen LogP contribution in [-0.2, 0) is 14.8 Å². The summed E-state index contributed by atoms with van der Waals surface area (Å²) in [6.07, 6.45) is 9.60. The topological polar surface area (TPSA) is 66.5 Å². The van der Waals surface area contributed by atoms with E-state index in [0.717, 1.165) is 23.8 Å². The molecule has 1 heterocycles. The van der Waals surface area contributed by atoms with Gasteiger partial charge in [0.2, 0.25) is 16.4 Å². The summed E-state index contributed by atoms with van der Waals surface area (Å²) in [7, 11) is -3.40. The summed E-state index contributed by atoms with van der Waals surface area (Å²) in [6, 6.07) is 6.94. The molecule has 0 spiro atoms. The Morgan fingerprint density at radius 2 is 2.14 bits per heavy atom. The lowest BCUT2D eigenvalue weighted by molar-refractivity contribution is -0.109. The minimum atomic E-state index is -3.40. The van der Waals surface area contributed by atoms with Crippen LogP contribution in [0.5, 0.6) is 0 Å². The van der Waals surface area contributed by atoms with Gasteiger partial charge in [-0.1, -0.05) is 37.1 Å². The Hall–Kier alpha value is -1.66. The standard InChI is InChI=1S/C13H18N2O3S.C9H14/c1-11-3-2-4-13(7-11)19(17,18)15-6-5-12(9-15)8-14-10-16;1-2-3-7-6-8-4-5-9(7)8/h2-4,7,10,12H,5-6,8-9H2,1H3,(H,14,16);5,7-8H,2-4,6H2,1H3/t;7?,8-/m.0/s1. The van der Waals surface area contributed by atoms with Crippen molar-refractivity contribution in [3.05, 3.63) is 41.5 Å². The highest BCUT2D eigenvalue weighted by molar-refractivity contribution is 7.89. The predicted octanol–water partition coefficient (Wildman–Crippen LogP) is 3.50. The van der Waals surface area contributed by atoms with Gasteiger partial charge in [0, 0.05) is 19.6 Å². The molecule has 2 fully saturated rings. The average molecular weight is 405 g/mol. The summed E-state index contributed by atoms with van der Waals surface area (Å²) in [5.41, 5.74) is 2.73. The molecule has 1 saturated heterocycles. The van der Waals surface area contributed by atoms with Crippen molar-refractivity contribution in [2.45, 2.75) is 50.8 Å². The van der Waals surface area contributed by atoms with Crippen LogP contribution in [0.4, 0.5) is 0 Å². The SMILES string of the molecule is CCCC1C[C@@H]2CC=C12.Cc1cccc(S(=O)(=O)N2CCC(CNC=O)C2)c1. The number of nitrogens with zero attached hydrogens (tertiary/aromatic N) is 1. The maximum Gasteiger partial charge on any atom is 0.243 e. The third-order valence-corrected chi connectivity index (χ3v) is 8.01. The summed E-state index contributed by atoms with van der Waals surface area (Å²) in [4.78, 5) is 10.6. The molecular weight excluding hydrogens is 372 g/mol. The predicted molar refractivity (Wildman–Crippen MR) is 111 cm³/mol. The van der Waals surface area contributed by atoms with Crippen LogP contribution in [0.15, 0.2) is 40.8 Å². The van der Waals surface area contributed by atoms with Crippen molar-refractivity contribution in [2.75, 3.05) is 19.6 Å². The van der Waals surface area contributed by atoms with Crippen molar-refractivity contribution < 1.29 is 13.2 Å². The molecule has 3 atom stereocenters. The second-order valence-electron chi connectivity index (χ2n) is 8.22. The Bertz CT molecular complexity index is 819. The number of hydrogen-bond donors (Lipinski definition) is 1. The third kappa shape index (κ3) is 4.66. The average Bonchev–Trinajstić information content (AvgIpc) is 3.14. The summed E-state index contributed by atoms with van der Waals surface area (Å²) < 4.78 is 26.4. The highest BCUT2D eigenvalue weighted by Crippen LogP contribution is 2.50. The number of nitrogens with one attached hydrogen (secondary N) is 1. The van der Waals surface area contributed by atoms with Crippen molar-refractivity contribution in [3.63, 3.8) is 0 Å². The quantitative estimate of drug-likeness (QED) is 0.559. The van der Waals surface area contributed by atoms with Gasteiger partial charge in [-0.3, -0.25) is 4.79 Å². The number of fused-ring (bicyclic) bond motifs is 1. The Morgan fingerprint density at radius 3 is 2.71 bits per heavy atom. The van der Waals surface area contributed by atoms with Crippen molar-refractivity contribution >= 4 is 16.4 Å². The fraction of sp³-hybridized carbons (Fsp3) is 0.591. The third-order valence-electron chi connectivity index (χ3n) is 6.15. The van der Waals surface area contributed by atoms with Crippen LogP contribution in [-0.4, -0.2) is 38.8 Å². The lowest BCUT2D eigenvalue weighted by atomic mass is 9.60. The minimum Gasteiger partial charge on any atom is -0.358 e. The lowest BCUT2D eigenvalue weighted by Gasteiger charge is -2.45. The summed E-state index contributed by atoms with van der Waals surface area (Å²) in [6.45, 7) is 5.67. The van der Waals surface area contributed by atoms with Crippen LogP contribution < -0.4 is 5.32 Å². The van der Waals surface area contributed by atoms with E-state index in [1.807, 2.05) is 13.0 Å². The van der Waals surface area contributed by atoms with Gasteiger partial charge in [-0.25, -0.2) is 8.42 Å². The van der Waals surface area contributed by atoms with E-state index in [4.69, 9.17) is 0 Å². The molecule has 1 aromatic carbocycles. The van der Waals surface area contributed by atoms with Gasteiger partial charge in [0.05, 0.1) is 4.90 Å². The first-order valence-corrected chi connectivity index (χ1v) is 11.8. The van der Waals surface area contributed by atoms with Gasteiger partial charge in [-0.15, -0.1) is 0 Å². The number of allylic oxidation sites excluding steroid dienone is 2. The number of carbonyl (C=O) groups excluding carboxylic acids is 1.